The number of amides is 1. The number of ether oxygens (including phenoxy) is 1. The number of nitrogens with zero attached hydrogens (tertiary/aromatic N) is 1. The summed E-state index contributed by atoms with van der Waals surface area (Å²) in [5, 5.41) is 4.87. The van der Waals surface area contributed by atoms with Gasteiger partial charge in [0.05, 0.1) is 25.3 Å². The Morgan fingerprint density at radius 2 is 2.04 bits per heavy atom. The van der Waals surface area contributed by atoms with Gasteiger partial charge in [0.1, 0.15) is 10.8 Å². The van der Waals surface area contributed by atoms with E-state index in [1.807, 2.05) is 0 Å². The van der Waals surface area contributed by atoms with Crippen molar-refractivity contribution >= 4 is 28.2 Å². The molecule has 1 amide bonds. The lowest BCUT2D eigenvalue weighted by molar-refractivity contribution is -0.117. The summed E-state index contributed by atoms with van der Waals surface area (Å²) in [7, 11) is 0. The number of benzene rings is 1. The summed E-state index contributed by atoms with van der Waals surface area (Å²) in [5.74, 6) is 1.42. The van der Waals surface area contributed by atoms with Gasteiger partial charge >= 0.3 is 5.97 Å². The number of terminal acetylenes is 1. The Balaban J connectivity index is 2.00. The van der Waals surface area contributed by atoms with Crippen molar-refractivity contribution < 1.29 is 18.7 Å². The number of hydrogen-bond donors (Lipinski definition) is 1. The number of anilines is 1. The molecule has 1 N–H and O–H groups in total. The molecule has 26 heavy (non-hydrogen) atoms. The number of thiophene rings is 1. The first-order valence-electron chi connectivity index (χ1n) is 7.98. The van der Waals surface area contributed by atoms with Gasteiger partial charge in [-0.15, -0.1) is 17.8 Å². The zero-order valence-electron chi connectivity index (χ0n) is 14.3. The molecule has 0 spiro atoms. The van der Waals surface area contributed by atoms with Crippen LogP contribution in [-0.4, -0.2) is 36.5 Å². The number of halogens is 1. The van der Waals surface area contributed by atoms with E-state index in [1.165, 1.54) is 23.5 Å². The second-order valence-electron chi connectivity index (χ2n) is 5.41. The average Bonchev–Trinajstić information content (AvgIpc) is 3.05. The second-order valence-corrected chi connectivity index (χ2v) is 6.32. The van der Waals surface area contributed by atoms with Crippen molar-refractivity contribution in [2.75, 3.05) is 25.0 Å². The fourth-order valence-corrected chi connectivity index (χ4v) is 3.08. The van der Waals surface area contributed by atoms with Gasteiger partial charge in [0.25, 0.3) is 0 Å². The monoisotopic (exact) mass is 374 g/mol. The lowest BCUT2D eigenvalue weighted by Crippen LogP contribution is -2.33. The van der Waals surface area contributed by atoms with Gasteiger partial charge in [-0.05, 0) is 36.1 Å². The van der Waals surface area contributed by atoms with E-state index >= 15 is 0 Å². The summed E-state index contributed by atoms with van der Waals surface area (Å²) in [5.41, 5.74) is 1.17. The molecule has 1 aromatic heterocycles. The van der Waals surface area contributed by atoms with Crippen LogP contribution in [0.15, 0.2) is 35.7 Å². The van der Waals surface area contributed by atoms with Gasteiger partial charge in [-0.3, -0.25) is 9.69 Å². The third kappa shape index (κ3) is 5.69. The maximum Gasteiger partial charge on any atom is 0.341 e. The Morgan fingerprint density at radius 1 is 1.31 bits per heavy atom. The minimum atomic E-state index is -0.476. The number of rotatable bonds is 8. The summed E-state index contributed by atoms with van der Waals surface area (Å²) < 4.78 is 18.0. The van der Waals surface area contributed by atoms with Crippen molar-refractivity contribution in [1.82, 2.24) is 4.90 Å². The molecule has 2 aromatic rings. The average molecular weight is 374 g/mol. The van der Waals surface area contributed by atoms with Crippen LogP contribution in [0.2, 0.25) is 0 Å². The largest absolute Gasteiger partial charge is 0.462 e. The molecule has 0 radical (unpaired) electrons. The maximum atomic E-state index is 13.0. The molecule has 7 heteroatoms. The van der Waals surface area contributed by atoms with Crippen molar-refractivity contribution in [1.29, 1.82) is 0 Å². The molecule has 0 atom stereocenters. The van der Waals surface area contributed by atoms with Crippen LogP contribution in [0, 0.1) is 18.2 Å². The highest BCUT2D eigenvalue weighted by molar-refractivity contribution is 7.14. The summed E-state index contributed by atoms with van der Waals surface area (Å²) in [4.78, 5) is 26.0. The van der Waals surface area contributed by atoms with Crippen LogP contribution in [0.5, 0.6) is 0 Å². The van der Waals surface area contributed by atoms with Crippen LogP contribution in [0.3, 0.4) is 0 Å². The standard InChI is InChI=1S/C19H19FN2O3S/c1-3-10-22(12-14-5-7-15(20)8-6-14)13-17(23)21-18-16(9-11-26-18)19(24)25-4-2/h1,5-9,11H,4,10,12-13H2,2H3,(H,21,23). The lowest BCUT2D eigenvalue weighted by Gasteiger charge is -2.19. The zero-order chi connectivity index (χ0) is 18.9. The van der Waals surface area contributed by atoms with Gasteiger partial charge in [0.2, 0.25) is 5.91 Å². The second kappa shape index (κ2) is 9.70. The Bertz CT molecular complexity index is 796. The topological polar surface area (TPSA) is 58.6 Å². The zero-order valence-corrected chi connectivity index (χ0v) is 15.1. The van der Waals surface area contributed by atoms with Gasteiger partial charge < -0.3 is 10.1 Å². The lowest BCUT2D eigenvalue weighted by atomic mass is 10.2. The summed E-state index contributed by atoms with van der Waals surface area (Å²) in [6.07, 6.45) is 5.37. The van der Waals surface area contributed by atoms with Crippen LogP contribution in [0.25, 0.3) is 0 Å². The predicted molar refractivity (Wildman–Crippen MR) is 99.4 cm³/mol. The third-order valence-electron chi connectivity index (χ3n) is 3.42. The maximum absolute atomic E-state index is 13.0. The van der Waals surface area contributed by atoms with E-state index in [2.05, 4.69) is 11.2 Å². The molecule has 136 valence electrons. The van der Waals surface area contributed by atoms with Crippen molar-refractivity contribution in [2.45, 2.75) is 13.5 Å². The molecule has 0 aliphatic rings. The van der Waals surface area contributed by atoms with Gasteiger partial charge in [0, 0.05) is 6.54 Å². The molecule has 1 aromatic carbocycles. The molecule has 0 saturated heterocycles. The number of carbonyl (C=O) groups excluding carboxylic acids is 2. The normalized spacial score (nSPS) is 10.4. The molecule has 0 aliphatic heterocycles. The quantitative estimate of drug-likeness (QED) is 0.570. The SMILES string of the molecule is C#CCN(CC(=O)Nc1sccc1C(=O)OCC)Cc1ccc(F)cc1. The molecule has 0 unspecified atom stereocenters. The fourth-order valence-electron chi connectivity index (χ4n) is 2.29. The van der Waals surface area contributed by atoms with Crippen molar-refractivity contribution in [3.05, 3.63) is 52.7 Å². The van der Waals surface area contributed by atoms with E-state index in [0.29, 0.717) is 17.1 Å². The van der Waals surface area contributed by atoms with Crippen LogP contribution in [0.1, 0.15) is 22.8 Å². The smallest absolute Gasteiger partial charge is 0.341 e. The van der Waals surface area contributed by atoms with E-state index in [4.69, 9.17) is 11.2 Å². The summed E-state index contributed by atoms with van der Waals surface area (Å²) in [6.45, 7) is 2.69. The highest BCUT2D eigenvalue weighted by Crippen LogP contribution is 2.24. The van der Waals surface area contributed by atoms with Crippen molar-refractivity contribution in [3.8, 4) is 12.3 Å². The molecular formula is C19H19FN2O3S. The van der Waals surface area contributed by atoms with E-state index in [0.717, 1.165) is 5.56 Å². The third-order valence-corrected chi connectivity index (χ3v) is 4.24. The van der Waals surface area contributed by atoms with E-state index in [1.54, 1.807) is 35.4 Å². The van der Waals surface area contributed by atoms with Crippen molar-refractivity contribution in [2.24, 2.45) is 0 Å². The van der Waals surface area contributed by atoms with E-state index in [9.17, 15) is 14.0 Å². The van der Waals surface area contributed by atoms with Crippen LogP contribution in [0.4, 0.5) is 9.39 Å². The molecule has 0 fully saturated rings. The fraction of sp³-hybridized carbons (Fsp3) is 0.263. The molecule has 0 saturated carbocycles. The highest BCUT2D eigenvalue weighted by atomic mass is 32.1. The predicted octanol–water partition coefficient (Wildman–Crippen LogP) is 3.14. The summed E-state index contributed by atoms with van der Waals surface area (Å²) >= 11 is 1.24. The van der Waals surface area contributed by atoms with Gasteiger partial charge in [-0.25, -0.2) is 9.18 Å². The van der Waals surface area contributed by atoms with Gasteiger partial charge in [-0.2, -0.15) is 0 Å². The first-order valence-corrected chi connectivity index (χ1v) is 8.86. The van der Waals surface area contributed by atoms with E-state index < -0.39 is 5.97 Å². The molecule has 5 nitrogen and oxygen atoms in total. The number of nitrogens with one attached hydrogen (secondary N) is 1. The molecule has 0 aliphatic carbocycles. The minimum Gasteiger partial charge on any atom is -0.462 e. The molecule has 0 bridgehead atoms. The summed E-state index contributed by atoms with van der Waals surface area (Å²) in [6, 6.07) is 7.63. The molecule has 2 rings (SSSR count). The number of esters is 1. The van der Waals surface area contributed by atoms with Gasteiger partial charge in [-0.1, -0.05) is 18.1 Å². The minimum absolute atomic E-state index is 0.0434. The Labute approximate surface area is 155 Å². The number of hydrogen-bond acceptors (Lipinski definition) is 5. The first-order chi connectivity index (χ1) is 12.5. The van der Waals surface area contributed by atoms with Gasteiger partial charge in [0.15, 0.2) is 0 Å². The Hall–Kier alpha value is -2.69. The van der Waals surface area contributed by atoms with Crippen LogP contribution >= 0.6 is 11.3 Å². The van der Waals surface area contributed by atoms with Crippen LogP contribution < -0.4 is 5.32 Å². The Morgan fingerprint density at radius 3 is 2.69 bits per heavy atom. The van der Waals surface area contributed by atoms with Crippen molar-refractivity contribution in [3.63, 3.8) is 0 Å². The number of carbonyl (C=O) groups is 2. The van der Waals surface area contributed by atoms with Crippen LogP contribution in [-0.2, 0) is 16.1 Å². The highest BCUT2D eigenvalue weighted by Gasteiger charge is 2.17. The molecular weight excluding hydrogens is 355 g/mol. The van der Waals surface area contributed by atoms with E-state index in [-0.39, 0.29) is 31.4 Å². The first kappa shape index (κ1) is 19.6. The Kier molecular flexibility index (Phi) is 7.33. The molecule has 1 heterocycles.